The summed E-state index contributed by atoms with van der Waals surface area (Å²) in [5, 5.41) is 2.85. The van der Waals surface area contributed by atoms with E-state index in [0.717, 1.165) is 17.5 Å². The Labute approximate surface area is 175 Å². The van der Waals surface area contributed by atoms with Gasteiger partial charge in [0.1, 0.15) is 0 Å². The average Bonchev–Trinajstić information content (AvgIpc) is 3.03. The Hall–Kier alpha value is -3.60. The van der Waals surface area contributed by atoms with Crippen LogP contribution >= 0.6 is 0 Å². The Morgan fingerprint density at radius 1 is 0.767 bits per heavy atom. The van der Waals surface area contributed by atoms with Crippen LogP contribution in [0.25, 0.3) is 11.1 Å². The first-order chi connectivity index (χ1) is 14.7. The molecule has 152 valence electrons. The molecule has 0 aliphatic carbocycles. The van der Waals surface area contributed by atoms with Crippen molar-refractivity contribution in [2.75, 3.05) is 18.5 Å². The van der Waals surface area contributed by atoms with Gasteiger partial charge < -0.3 is 14.8 Å². The summed E-state index contributed by atoms with van der Waals surface area (Å²) in [6, 6.07) is 22.9. The molecule has 0 atom stereocenters. The van der Waals surface area contributed by atoms with Gasteiger partial charge >= 0.3 is 0 Å². The topological polar surface area (TPSA) is 64.6 Å². The zero-order valence-electron chi connectivity index (χ0n) is 16.6. The van der Waals surface area contributed by atoms with Crippen LogP contribution in [0.5, 0.6) is 11.5 Å². The molecule has 0 unspecified atom stereocenters. The van der Waals surface area contributed by atoms with Crippen molar-refractivity contribution in [1.82, 2.24) is 0 Å². The van der Waals surface area contributed by atoms with Crippen LogP contribution in [0.1, 0.15) is 29.6 Å². The smallest absolute Gasteiger partial charge is 0.224 e. The number of benzene rings is 3. The normalized spacial score (nSPS) is 12.7. The minimum absolute atomic E-state index is 0.0970. The summed E-state index contributed by atoms with van der Waals surface area (Å²) in [5.74, 6) is 0.951. The molecule has 4 rings (SSSR count). The van der Waals surface area contributed by atoms with Gasteiger partial charge in [0.05, 0.1) is 13.2 Å². The van der Waals surface area contributed by atoms with Crippen LogP contribution in [-0.2, 0) is 4.79 Å². The second-order valence-corrected chi connectivity index (χ2v) is 7.13. The molecule has 1 aliphatic heterocycles. The summed E-state index contributed by atoms with van der Waals surface area (Å²) in [7, 11) is 0. The molecule has 0 saturated carbocycles. The molecule has 5 heteroatoms. The fourth-order valence-corrected chi connectivity index (χ4v) is 3.31. The maximum absolute atomic E-state index is 12.5. The highest BCUT2D eigenvalue weighted by molar-refractivity contribution is 6.00. The van der Waals surface area contributed by atoms with E-state index in [-0.39, 0.29) is 24.5 Å². The van der Waals surface area contributed by atoms with Gasteiger partial charge in [0.2, 0.25) is 5.91 Å². The van der Waals surface area contributed by atoms with Gasteiger partial charge in [0.15, 0.2) is 17.3 Å². The fraction of sp³-hybridized carbons (Fsp3) is 0.200. The molecule has 5 nitrogen and oxygen atoms in total. The summed E-state index contributed by atoms with van der Waals surface area (Å²) in [4.78, 5) is 24.8. The van der Waals surface area contributed by atoms with Gasteiger partial charge in [-0.3, -0.25) is 9.59 Å². The van der Waals surface area contributed by atoms with Crippen molar-refractivity contribution in [3.8, 4) is 22.6 Å². The zero-order valence-corrected chi connectivity index (χ0v) is 16.6. The number of hydrogen-bond acceptors (Lipinski definition) is 4. The quantitative estimate of drug-likeness (QED) is 0.583. The maximum Gasteiger partial charge on any atom is 0.224 e. The third kappa shape index (κ3) is 4.87. The van der Waals surface area contributed by atoms with Crippen LogP contribution in [0.3, 0.4) is 0 Å². The molecule has 3 aromatic carbocycles. The number of hydrogen-bond donors (Lipinski definition) is 1. The minimum Gasteiger partial charge on any atom is -0.490 e. The van der Waals surface area contributed by atoms with Crippen molar-refractivity contribution in [3.05, 3.63) is 78.4 Å². The number of ketones is 1. The lowest BCUT2D eigenvalue weighted by Crippen LogP contribution is -2.13. The molecule has 0 spiro atoms. The Kier molecular flexibility index (Phi) is 6.09. The van der Waals surface area contributed by atoms with E-state index >= 15 is 0 Å². The number of carbonyl (C=O) groups excluding carboxylic acids is 2. The Morgan fingerprint density at radius 3 is 2.23 bits per heavy atom. The molecule has 0 aromatic heterocycles. The van der Waals surface area contributed by atoms with Crippen LogP contribution in [-0.4, -0.2) is 24.9 Å². The van der Waals surface area contributed by atoms with Crippen LogP contribution < -0.4 is 14.8 Å². The molecule has 0 radical (unpaired) electrons. The van der Waals surface area contributed by atoms with E-state index in [1.54, 1.807) is 18.2 Å². The molecule has 1 heterocycles. The summed E-state index contributed by atoms with van der Waals surface area (Å²) in [6.07, 6.45) is 1.06. The van der Waals surface area contributed by atoms with Gasteiger partial charge in [-0.25, -0.2) is 0 Å². The van der Waals surface area contributed by atoms with Gasteiger partial charge in [-0.1, -0.05) is 42.5 Å². The van der Waals surface area contributed by atoms with E-state index < -0.39 is 0 Å². The Bertz CT molecular complexity index is 1030. The van der Waals surface area contributed by atoms with Crippen LogP contribution in [0, 0.1) is 0 Å². The van der Waals surface area contributed by atoms with Crippen molar-refractivity contribution in [3.63, 3.8) is 0 Å². The third-order valence-electron chi connectivity index (χ3n) is 4.92. The molecule has 1 amide bonds. The summed E-state index contributed by atoms with van der Waals surface area (Å²) in [5.41, 5.74) is 3.44. The van der Waals surface area contributed by atoms with Crippen LogP contribution in [0.15, 0.2) is 72.8 Å². The summed E-state index contributed by atoms with van der Waals surface area (Å²) in [6.45, 7) is 1.17. The molecule has 30 heavy (non-hydrogen) atoms. The predicted octanol–water partition coefficient (Wildman–Crippen LogP) is 5.12. The molecule has 0 saturated heterocycles. The highest BCUT2D eigenvalue weighted by Crippen LogP contribution is 2.31. The van der Waals surface area contributed by atoms with Gasteiger partial charge in [-0.05, 0) is 41.5 Å². The van der Waals surface area contributed by atoms with Gasteiger partial charge in [0, 0.05) is 30.5 Å². The van der Waals surface area contributed by atoms with Crippen molar-refractivity contribution >= 4 is 17.4 Å². The first-order valence-electron chi connectivity index (χ1n) is 10.1. The first kappa shape index (κ1) is 19.7. The van der Waals surface area contributed by atoms with E-state index in [1.165, 1.54) is 0 Å². The second kappa shape index (κ2) is 9.27. The number of ether oxygens (including phenoxy) is 2. The molecular formula is C25H23NO4. The lowest BCUT2D eigenvalue weighted by Gasteiger charge is -2.09. The van der Waals surface area contributed by atoms with Crippen molar-refractivity contribution in [1.29, 1.82) is 0 Å². The average molecular weight is 401 g/mol. The predicted molar refractivity (Wildman–Crippen MR) is 116 cm³/mol. The van der Waals surface area contributed by atoms with E-state index in [0.29, 0.717) is 36.0 Å². The van der Waals surface area contributed by atoms with E-state index in [2.05, 4.69) is 5.32 Å². The number of amides is 1. The molecule has 1 aliphatic rings. The standard InChI is InChI=1S/C25H23NO4/c27-22(20-9-13-23-24(17-20)30-16-4-15-29-23)12-14-25(28)26-21-10-7-19(8-11-21)18-5-2-1-3-6-18/h1-3,5-11,13,17H,4,12,14-16H2,(H,26,28). The van der Waals surface area contributed by atoms with Gasteiger partial charge in [-0.15, -0.1) is 0 Å². The SMILES string of the molecule is O=C(CCC(=O)c1ccc2c(c1)OCCCO2)Nc1ccc(-c2ccccc2)cc1. The molecule has 0 fully saturated rings. The maximum atomic E-state index is 12.5. The molecule has 3 aromatic rings. The third-order valence-corrected chi connectivity index (χ3v) is 4.92. The highest BCUT2D eigenvalue weighted by Gasteiger charge is 2.15. The number of rotatable bonds is 6. The first-order valence-corrected chi connectivity index (χ1v) is 10.1. The number of Topliss-reactive ketones (excluding diaryl/α,β-unsaturated/α-hetero) is 1. The summed E-state index contributed by atoms with van der Waals surface area (Å²) >= 11 is 0. The van der Waals surface area contributed by atoms with Crippen molar-refractivity contribution in [2.45, 2.75) is 19.3 Å². The number of anilines is 1. The number of fused-ring (bicyclic) bond motifs is 1. The molecule has 0 bridgehead atoms. The molecular weight excluding hydrogens is 378 g/mol. The second-order valence-electron chi connectivity index (χ2n) is 7.13. The van der Waals surface area contributed by atoms with Crippen LogP contribution in [0.4, 0.5) is 5.69 Å². The number of nitrogens with one attached hydrogen (secondary N) is 1. The van der Waals surface area contributed by atoms with E-state index in [9.17, 15) is 9.59 Å². The lowest BCUT2D eigenvalue weighted by atomic mass is 10.0. The minimum atomic E-state index is -0.190. The zero-order chi connectivity index (χ0) is 20.8. The van der Waals surface area contributed by atoms with E-state index in [4.69, 9.17) is 9.47 Å². The Morgan fingerprint density at radius 2 is 1.47 bits per heavy atom. The molecule has 1 N–H and O–H groups in total. The highest BCUT2D eigenvalue weighted by atomic mass is 16.5. The van der Waals surface area contributed by atoms with Crippen molar-refractivity contribution < 1.29 is 19.1 Å². The monoisotopic (exact) mass is 401 g/mol. The van der Waals surface area contributed by atoms with Gasteiger partial charge in [-0.2, -0.15) is 0 Å². The van der Waals surface area contributed by atoms with E-state index in [1.807, 2.05) is 54.6 Å². The fourth-order valence-electron chi connectivity index (χ4n) is 3.31. The van der Waals surface area contributed by atoms with Gasteiger partial charge in [0.25, 0.3) is 0 Å². The largest absolute Gasteiger partial charge is 0.490 e. The Balaban J connectivity index is 1.31. The van der Waals surface area contributed by atoms with Crippen molar-refractivity contribution in [2.24, 2.45) is 0 Å². The van der Waals surface area contributed by atoms with Crippen LogP contribution in [0.2, 0.25) is 0 Å². The lowest BCUT2D eigenvalue weighted by molar-refractivity contribution is -0.116. The number of carbonyl (C=O) groups is 2. The summed E-state index contributed by atoms with van der Waals surface area (Å²) < 4.78 is 11.2.